The molecule has 0 radical (unpaired) electrons. The topological polar surface area (TPSA) is 0 Å². The predicted octanol–water partition coefficient (Wildman–Crippen LogP) is 5.84. The zero-order valence-corrected chi connectivity index (χ0v) is 12.9. The summed E-state index contributed by atoms with van der Waals surface area (Å²) in [5.41, 5.74) is 1.50. The number of thiophene rings is 1. The molecule has 84 valence electrons. The molecule has 0 nitrogen and oxygen atoms in total. The zero-order chi connectivity index (χ0) is 10.8. The lowest BCUT2D eigenvalue weighted by Crippen LogP contribution is -2.11. The molecule has 15 heavy (non-hydrogen) atoms. The van der Waals surface area contributed by atoms with Gasteiger partial charge in [-0.15, -0.1) is 11.3 Å². The Morgan fingerprint density at radius 1 is 1.33 bits per heavy atom. The maximum atomic E-state index is 3.90. The summed E-state index contributed by atoms with van der Waals surface area (Å²) in [7, 11) is 0. The van der Waals surface area contributed by atoms with Crippen LogP contribution in [-0.4, -0.2) is 0 Å². The highest BCUT2D eigenvalue weighted by atomic mass is 79.9. The van der Waals surface area contributed by atoms with E-state index in [-0.39, 0.29) is 0 Å². The van der Waals surface area contributed by atoms with Gasteiger partial charge in [-0.3, -0.25) is 0 Å². The second-order valence-corrected chi connectivity index (χ2v) is 7.98. The summed E-state index contributed by atoms with van der Waals surface area (Å²) in [6.07, 6.45) is 7.04. The van der Waals surface area contributed by atoms with Crippen LogP contribution < -0.4 is 0 Å². The van der Waals surface area contributed by atoms with Crippen LogP contribution in [0.3, 0.4) is 0 Å². The highest BCUT2D eigenvalue weighted by Crippen LogP contribution is 2.43. The van der Waals surface area contributed by atoms with Crippen LogP contribution in [0.25, 0.3) is 0 Å². The first-order chi connectivity index (χ1) is 7.18. The maximum Gasteiger partial charge on any atom is 0.0704 e. The monoisotopic (exact) mass is 350 g/mol. The fourth-order valence-electron chi connectivity index (χ4n) is 2.41. The van der Waals surface area contributed by atoms with Crippen LogP contribution in [0.15, 0.2) is 9.85 Å². The summed E-state index contributed by atoms with van der Waals surface area (Å²) in [6.45, 7) is 2.22. The fraction of sp³-hybridized carbons (Fsp3) is 0.667. The lowest BCUT2D eigenvalue weighted by Gasteiger charge is -2.26. The van der Waals surface area contributed by atoms with Crippen molar-refractivity contribution in [3.8, 4) is 0 Å². The van der Waals surface area contributed by atoms with Crippen LogP contribution in [0, 0.1) is 12.8 Å². The van der Waals surface area contributed by atoms with Gasteiger partial charge in [0.25, 0.3) is 0 Å². The summed E-state index contributed by atoms with van der Waals surface area (Å²) in [6, 6.07) is 2.29. The van der Waals surface area contributed by atoms with Crippen molar-refractivity contribution in [1.29, 1.82) is 0 Å². The SMILES string of the molecule is Cc1sc(Br)cc1C(Br)C1CCCCC1. The first-order valence-electron chi connectivity index (χ1n) is 5.58. The molecule has 3 heteroatoms. The fourth-order valence-corrected chi connectivity index (χ4v) is 5.33. The predicted molar refractivity (Wildman–Crippen MR) is 75.0 cm³/mol. The summed E-state index contributed by atoms with van der Waals surface area (Å²) in [4.78, 5) is 2.02. The molecule has 0 aromatic carbocycles. The number of hydrogen-bond acceptors (Lipinski definition) is 1. The molecule has 0 aliphatic heterocycles. The normalized spacial score (nSPS) is 20.5. The Morgan fingerprint density at radius 3 is 2.53 bits per heavy atom. The molecule has 1 fully saturated rings. The molecule has 0 spiro atoms. The van der Waals surface area contributed by atoms with Gasteiger partial charge in [0.2, 0.25) is 0 Å². The van der Waals surface area contributed by atoms with E-state index in [2.05, 4.69) is 44.8 Å². The highest BCUT2D eigenvalue weighted by molar-refractivity contribution is 9.11. The van der Waals surface area contributed by atoms with Gasteiger partial charge in [0.1, 0.15) is 0 Å². The van der Waals surface area contributed by atoms with Gasteiger partial charge in [0, 0.05) is 9.70 Å². The van der Waals surface area contributed by atoms with E-state index in [1.807, 2.05) is 11.3 Å². The van der Waals surface area contributed by atoms with Gasteiger partial charge in [0.15, 0.2) is 0 Å². The van der Waals surface area contributed by atoms with Crippen molar-refractivity contribution in [2.45, 2.75) is 43.9 Å². The van der Waals surface area contributed by atoms with E-state index in [9.17, 15) is 0 Å². The quantitative estimate of drug-likeness (QED) is 0.587. The van der Waals surface area contributed by atoms with Gasteiger partial charge in [0.05, 0.1) is 3.79 Å². The summed E-state index contributed by atoms with van der Waals surface area (Å²) < 4.78 is 1.26. The smallest absolute Gasteiger partial charge is 0.0704 e. The molecule has 1 heterocycles. The zero-order valence-electron chi connectivity index (χ0n) is 8.93. The number of alkyl halides is 1. The molecule has 1 aromatic heterocycles. The summed E-state index contributed by atoms with van der Waals surface area (Å²) >= 11 is 9.32. The molecule has 0 saturated heterocycles. The highest BCUT2D eigenvalue weighted by Gasteiger charge is 2.24. The van der Waals surface area contributed by atoms with Gasteiger partial charge in [-0.1, -0.05) is 35.2 Å². The Labute approximate surface area is 113 Å². The molecule has 1 aliphatic rings. The average molecular weight is 352 g/mol. The number of hydrogen-bond donors (Lipinski definition) is 0. The molecule has 0 amide bonds. The first-order valence-corrected chi connectivity index (χ1v) is 8.11. The molecular weight excluding hydrogens is 336 g/mol. The lowest BCUT2D eigenvalue weighted by molar-refractivity contribution is 0.354. The molecule has 1 unspecified atom stereocenters. The van der Waals surface area contributed by atoms with Crippen molar-refractivity contribution in [2.24, 2.45) is 5.92 Å². The van der Waals surface area contributed by atoms with Gasteiger partial charge in [-0.2, -0.15) is 0 Å². The number of rotatable bonds is 2. The van der Waals surface area contributed by atoms with Crippen LogP contribution in [0.1, 0.15) is 47.4 Å². The molecule has 0 bridgehead atoms. The third-order valence-corrected chi connectivity index (χ3v) is 6.10. The Bertz CT molecular complexity index is 326. The Balaban J connectivity index is 2.12. The molecule has 1 aromatic rings. The van der Waals surface area contributed by atoms with Gasteiger partial charge in [-0.25, -0.2) is 0 Å². The largest absolute Gasteiger partial charge is 0.133 e. The van der Waals surface area contributed by atoms with E-state index < -0.39 is 0 Å². The minimum Gasteiger partial charge on any atom is -0.133 e. The molecule has 2 rings (SSSR count). The minimum absolute atomic E-state index is 0.570. The number of aryl methyl sites for hydroxylation is 1. The van der Waals surface area contributed by atoms with E-state index in [0.717, 1.165) is 5.92 Å². The van der Waals surface area contributed by atoms with Crippen molar-refractivity contribution < 1.29 is 0 Å². The van der Waals surface area contributed by atoms with Crippen LogP contribution in [0.4, 0.5) is 0 Å². The van der Waals surface area contributed by atoms with E-state index in [0.29, 0.717) is 4.83 Å². The Morgan fingerprint density at radius 2 is 2.00 bits per heavy atom. The summed E-state index contributed by atoms with van der Waals surface area (Å²) in [5.74, 6) is 0.846. The van der Waals surface area contributed by atoms with E-state index in [1.54, 1.807) is 0 Å². The van der Waals surface area contributed by atoms with Gasteiger partial charge < -0.3 is 0 Å². The Hall–Kier alpha value is 0.660. The van der Waals surface area contributed by atoms with E-state index >= 15 is 0 Å². The third kappa shape index (κ3) is 2.86. The second kappa shape index (κ2) is 5.33. The van der Waals surface area contributed by atoms with Crippen molar-refractivity contribution in [1.82, 2.24) is 0 Å². The molecule has 1 saturated carbocycles. The molecule has 0 N–H and O–H groups in total. The standard InChI is InChI=1S/C12H16Br2S/c1-8-10(7-11(13)15-8)12(14)9-5-3-2-4-6-9/h7,9,12H,2-6H2,1H3. The van der Waals surface area contributed by atoms with Gasteiger partial charge in [-0.05, 0) is 53.2 Å². The second-order valence-electron chi connectivity index (χ2n) is 4.36. The van der Waals surface area contributed by atoms with Crippen molar-refractivity contribution in [2.75, 3.05) is 0 Å². The minimum atomic E-state index is 0.570. The average Bonchev–Trinajstić information content (AvgIpc) is 2.58. The number of halogens is 2. The lowest BCUT2D eigenvalue weighted by atomic mass is 9.85. The van der Waals surface area contributed by atoms with Crippen molar-refractivity contribution >= 4 is 43.2 Å². The third-order valence-electron chi connectivity index (χ3n) is 3.29. The van der Waals surface area contributed by atoms with Crippen LogP contribution >= 0.6 is 43.2 Å². The van der Waals surface area contributed by atoms with Crippen LogP contribution in [-0.2, 0) is 0 Å². The Kier molecular flexibility index (Phi) is 4.31. The van der Waals surface area contributed by atoms with E-state index in [1.165, 1.54) is 46.3 Å². The van der Waals surface area contributed by atoms with Crippen LogP contribution in [0.5, 0.6) is 0 Å². The molecular formula is C12H16Br2S. The van der Waals surface area contributed by atoms with Crippen LogP contribution in [0.2, 0.25) is 0 Å². The molecule has 1 aliphatic carbocycles. The first kappa shape index (κ1) is 12.1. The van der Waals surface area contributed by atoms with E-state index in [4.69, 9.17) is 0 Å². The maximum absolute atomic E-state index is 3.90. The van der Waals surface area contributed by atoms with Gasteiger partial charge >= 0.3 is 0 Å². The summed E-state index contributed by atoms with van der Waals surface area (Å²) in [5, 5.41) is 0. The van der Waals surface area contributed by atoms with Crippen molar-refractivity contribution in [3.05, 3.63) is 20.3 Å². The van der Waals surface area contributed by atoms with Crippen molar-refractivity contribution in [3.63, 3.8) is 0 Å². The molecule has 1 atom stereocenters.